The Labute approximate surface area is 130 Å². The molecule has 0 unspecified atom stereocenters. The molecule has 0 saturated carbocycles. The summed E-state index contributed by atoms with van der Waals surface area (Å²) in [5.41, 5.74) is 3.73. The van der Waals surface area contributed by atoms with Crippen LogP contribution in [0, 0.1) is 6.92 Å². The van der Waals surface area contributed by atoms with Crippen molar-refractivity contribution in [1.82, 2.24) is 19.9 Å². The lowest BCUT2D eigenvalue weighted by Crippen LogP contribution is -2.31. The molecule has 0 atom stereocenters. The topological polar surface area (TPSA) is 76.9 Å². The Balaban J connectivity index is 1.64. The second kappa shape index (κ2) is 6.07. The van der Waals surface area contributed by atoms with E-state index in [1.165, 1.54) is 28.4 Å². The Morgan fingerprint density at radius 3 is 3.14 bits per heavy atom. The molecule has 0 aliphatic heterocycles. The number of amides is 1. The van der Waals surface area contributed by atoms with E-state index in [0.29, 0.717) is 24.2 Å². The summed E-state index contributed by atoms with van der Waals surface area (Å²) in [6.45, 7) is 2.47. The monoisotopic (exact) mass is 314 g/mol. The van der Waals surface area contributed by atoms with Crippen molar-refractivity contribution < 1.29 is 4.79 Å². The highest BCUT2D eigenvalue weighted by molar-refractivity contribution is 7.16. The van der Waals surface area contributed by atoms with E-state index in [9.17, 15) is 9.59 Å². The number of rotatable bonds is 4. The Bertz CT molecular complexity index is 884. The van der Waals surface area contributed by atoms with Crippen LogP contribution in [0.4, 0.5) is 0 Å². The van der Waals surface area contributed by atoms with Crippen LogP contribution in [-0.2, 0) is 6.54 Å². The minimum atomic E-state index is -0.163. The zero-order valence-corrected chi connectivity index (χ0v) is 12.8. The molecule has 2 aromatic heterocycles. The average molecular weight is 314 g/mol. The van der Waals surface area contributed by atoms with E-state index in [1.807, 2.05) is 12.1 Å². The summed E-state index contributed by atoms with van der Waals surface area (Å²) in [5.74, 6) is -0.163. The molecule has 22 heavy (non-hydrogen) atoms. The van der Waals surface area contributed by atoms with E-state index in [2.05, 4.69) is 15.3 Å². The molecule has 0 bridgehead atoms. The summed E-state index contributed by atoms with van der Waals surface area (Å²) in [6.07, 6.45) is 3.01. The van der Waals surface area contributed by atoms with Crippen molar-refractivity contribution in [2.45, 2.75) is 13.5 Å². The molecule has 0 aliphatic carbocycles. The maximum Gasteiger partial charge on any atom is 0.256 e. The molecule has 0 spiro atoms. The highest BCUT2D eigenvalue weighted by Gasteiger charge is 2.07. The predicted octanol–water partition coefficient (Wildman–Crippen LogP) is 1.59. The van der Waals surface area contributed by atoms with Crippen LogP contribution in [-0.4, -0.2) is 27.0 Å². The predicted molar refractivity (Wildman–Crippen MR) is 85.2 cm³/mol. The Hall–Kier alpha value is -2.54. The molecule has 112 valence electrons. The van der Waals surface area contributed by atoms with Crippen molar-refractivity contribution in [2.75, 3.05) is 6.54 Å². The van der Waals surface area contributed by atoms with E-state index >= 15 is 0 Å². The first-order chi connectivity index (χ1) is 10.6. The van der Waals surface area contributed by atoms with Crippen molar-refractivity contribution in [3.8, 4) is 0 Å². The number of fused-ring (bicyclic) bond motifs is 1. The van der Waals surface area contributed by atoms with Crippen molar-refractivity contribution in [2.24, 2.45) is 0 Å². The van der Waals surface area contributed by atoms with Crippen LogP contribution in [0.25, 0.3) is 10.2 Å². The molecule has 7 heteroatoms. The molecule has 1 N–H and O–H groups in total. The van der Waals surface area contributed by atoms with Crippen LogP contribution in [0.1, 0.15) is 15.9 Å². The number of benzene rings is 1. The Morgan fingerprint density at radius 2 is 2.27 bits per heavy atom. The number of carbonyl (C=O) groups is 1. The molecule has 0 aliphatic rings. The third kappa shape index (κ3) is 2.89. The first kappa shape index (κ1) is 14.4. The molecule has 0 fully saturated rings. The van der Waals surface area contributed by atoms with Crippen molar-refractivity contribution in [3.05, 3.63) is 57.7 Å². The van der Waals surface area contributed by atoms with Gasteiger partial charge in [0.2, 0.25) is 0 Å². The van der Waals surface area contributed by atoms with Crippen LogP contribution in [0.2, 0.25) is 0 Å². The zero-order valence-electron chi connectivity index (χ0n) is 11.9. The minimum Gasteiger partial charge on any atom is -0.350 e. The number of nitrogens with zero attached hydrogens (tertiary/aromatic N) is 3. The SMILES string of the molecule is Cc1cncn(CCNC(=O)c2ccc3ncsc3c2)c1=O. The quantitative estimate of drug-likeness (QED) is 0.793. The second-order valence-corrected chi connectivity index (χ2v) is 5.75. The van der Waals surface area contributed by atoms with Crippen LogP contribution < -0.4 is 10.9 Å². The van der Waals surface area contributed by atoms with Crippen LogP contribution >= 0.6 is 11.3 Å². The van der Waals surface area contributed by atoms with Gasteiger partial charge in [-0.2, -0.15) is 0 Å². The Morgan fingerprint density at radius 1 is 1.41 bits per heavy atom. The first-order valence-corrected chi connectivity index (χ1v) is 7.65. The number of aryl methyl sites for hydroxylation is 1. The summed E-state index contributed by atoms with van der Waals surface area (Å²) in [4.78, 5) is 32.1. The number of hydrogen-bond donors (Lipinski definition) is 1. The lowest BCUT2D eigenvalue weighted by molar-refractivity contribution is 0.0952. The number of aromatic nitrogens is 3. The third-order valence-electron chi connectivity index (χ3n) is 3.30. The summed E-state index contributed by atoms with van der Waals surface area (Å²) >= 11 is 1.50. The van der Waals surface area contributed by atoms with E-state index in [0.717, 1.165) is 10.2 Å². The first-order valence-electron chi connectivity index (χ1n) is 6.77. The smallest absolute Gasteiger partial charge is 0.256 e. The molecule has 0 saturated heterocycles. The van der Waals surface area contributed by atoms with Gasteiger partial charge >= 0.3 is 0 Å². The molecule has 3 rings (SSSR count). The van der Waals surface area contributed by atoms with Crippen molar-refractivity contribution in [3.63, 3.8) is 0 Å². The lowest BCUT2D eigenvalue weighted by Gasteiger charge is -2.07. The number of hydrogen-bond acceptors (Lipinski definition) is 5. The fourth-order valence-corrected chi connectivity index (χ4v) is 2.82. The van der Waals surface area contributed by atoms with Gasteiger partial charge in [-0.25, -0.2) is 9.97 Å². The summed E-state index contributed by atoms with van der Waals surface area (Å²) in [5, 5.41) is 2.81. The summed E-state index contributed by atoms with van der Waals surface area (Å²) < 4.78 is 2.47. The molecule has 1 amide bonds. The van der Waals surface area contributed by atoms with Gasteiger partial charge in [0.1, 0.15) is 0 Å². The molecule has 0 radical (unpaired) electrons. The average Bonchev–Trinajstić information content (AvgIpc) is 2.98. The van der Waals surface area contributed by atoms with Gasteiger partial charge in [-0.1, -0.05) is 0 Å². The van der Waals surface area contributed by atoms with Crippen LogP contribution in [0.3, 0.4) is 0 Å². The van der Waals surface area contributed by atoms with E-state index < -0.39 is 0 Å². The highest BCUT2D eigenvalue weighted by atomic mass is 32.1. The van der Waals surface area contributed by atoms with Crippen molar-refractivity contribution >= 4 is 27.5 Å². The molecule has 1 aromatic carbocycles. The molecular formula is C15H14N4O2S. The fourth-order valence-electron chi connectivity index (χ4n) is 2.11. The zero-order chi connectivity index (χ0) is 15.5. The Kier molecular flexibility index (Phi) is 3.97. The third-order valence-corrected chi connectivity index (χ3v) is 4.10. The van der Waals surface area contributed by atoms with Gasteiger partial charge in [0.15, 0.2) is 0 Å². The van der Waals surface area contributed by atoms with Gasteiger partial charge in [0, 0.05) is 30.4 Å². The standard InChI is InChI=1S/C15H14N4O2S/c1-10-7-16-8-19(15(10)21)5-4-17-14(20)11-2-3-12-13(6-11)22-9-18-12/h2-3,6-9H,4-5H2,1H3,(H,17,20). The molecule has 6 nitrogen and oxygen atoms in total. The van der Waals surface area contributed by atoms with E-state index in [4.69, 9.17) is 0 Å². The van der Waals surface area contributed by atoms with Gasteiger partial charge < -0.3 is 5.32 Å². The molecule has 2 heterocycles. The largest absolute Gasteiger partial charge is 0.350 e. The van der Waals surface area contributed by atoms with E-state index in [1.54, 1.807) is 18.5 Å². The maximum absolute atomic E-state index is 12.1. The minimum absolute atomic E-state index is 0.0877. The van der Waals surface area contributed by atoms with Gasteiger partial charge in [-0.3, -0.25) is 14.2 Å². The highest BCUT2D eigenvalue weighted by Crippen LogP contribution is 2.18. The van der Waals surface area contributed by atoms with Crippen molar-refractivity contribution in [1.29, 1.82) is 0 Å². The number of thiazole rings is 1. The fraction of sp³-hybridized carbons (Fsp3) is 0.200. The molecular weight excluding hydrogens is 300 g/mol. The summed E-state index contributed by atoms with van der Waals surface area (Å²) in [7, 11) is 0. The van der Waals surface area contributed by atoms with Crippen LogP contribution in [0.5, 0.6) is 0 Å². The van der Waals surface area contributed by atoms with Gasteiger partial charge in [0.05, 0.1) is 22.1 Å². The van der Waals surface area contributed by atoms with Gasteiger partial charge in [-0.15, -0.1) is 11.3 Å². The van der Waals surface area contributed by atoms with Crippen LogP contribution in [0.15, 0.2) is 41.0 Å². The summed E-state index contributed by atoms with van der Waals surface area (Å²) in [6, 6.07) is 5.40. The number of nitrogens with one attached hydrogen (secondary N) is 1. The van der Waals surface area contributed by atoms with Gasteiger partial charge in [0.25, 0.3) is 11.5 Å². The number of carbonyl (C=O) groups excluding carboxylic acids is 1. The van der Waals surface area contributed by atoms with E-state index in [-0.39, 0.29) is 11.5 Å². The van der Waals surface area contributed by atoms with Gasteiger partial charge in [-0.05, 0) is 25.1 Å². The lowest BCUT2D eigenvalue weighted by atomic mass is 10.2. The second-order valence-electron chi connectivity index (χ2n) is 4.87. The normalized spacial score (nSPS) is 10.8. The maximum atomic E-state index is 12.1. The molecule has 3 aromatic rings.